The van der Waals surface area contributed by atoms with Crippen LogP contribution in [0.5, 0.6) is 0 Å². The van der Waals surface area contributed by atoms with E-state index in [1.165, 1.54) is 12.2 Å². The van der Waals surface area contributed by atoms with Crippen LogP contribution in [0.4, 0.5) is 4.79 Å². The van der Waals surface area contributed by atoms with Gasteiger partial charge in [-0.3, -0.25) is 10.1 Å². The minimum atomic E-state index is -0.853. The van der Waals surface area contributed by atoms with Gasteiger partial charge in [-0.1, -0.05) is 12.2 Å². The van der Waals surface area contributed by atoms with Crippen molar-refractivity contribution < 1.29 is 9.59 Å². The summed E-state index contributed by atoms with van der Waals surface area (Å²) >= 11 is 0. The zero-order valence-corrected chi connectivity index (χ0v) is 6.59. The molecule has 0 aliphatic carbocycles. The molecule has 64 valence electrons. The van der Waals surface area contributed by atoms with Gasteiger partial charge in [0.05, 0.1) is 0 Å². The van der Waals surface area contributed by atoms with E-state index in [0.717, 1.165) is 0 Å². The van der Waals surface area contributed by atoms with Crippen LogP contribution in [0.1, 0.15) is 0 Å². The van der Waals surface area contributed by atoms with Crippen LogP contribution in [0.25, 0.3) is 0 Å². The van der Waals surface area contributed by atoms with E-state index in [0.29, 0.717) is 0 Å². The molecule has 1 aliphatic heterocycles. The van der Waals surface area contributed by atoms with Gasteiger partial charge in [-0.25, -0.2) is 4.79 Å². The molecule has 0 saturated carbocycles. The van der Waals surface area contributed by atoms with Crippen LogP contribution in [-0.2, 0) is 4.79 Å². The SMILES string of the molecule is C=CC1(C=C)CNC(=O)NC1=O. The van der Waals surface area contributed by atoms with Gasteiger partial charge < -0.3 is 5.32 Å². The first-order valence-electron chi connectivity index (χ1n) is 3.51. The molecule has 1 aliphatic rings. The Kier molecular flexibility index (Phi) is 1.99. The number of rotatable bonds is 2. The van der Waals surface area contributed by atoms with Gasteiger partial charge in [0.25, 0.3) is 0 Å². The molecule has 4 nitrogen and oxygen atoms in total. The van der Waals surface area contributed by atoms with Crippen LogP contribution in [0, 0.1) is 5.41 Å². The number of hydrogen-bond acceptors (Lipinski definition) is 2. The first-order chi connectivity index (χ1) is 5.64. The second-order valence-corrected chi connectivity index (χ2v) is 2.59. The number of carbonyl (C=O) groups excluding carboxylic acids is 2. The molecule has 2 N–H and O–H groups in total. The van der Waals surface area contributed by atoms with Crippen molar-refractivity contribution in [3.63, 3.8) is 0 Å². The fourth-order valence-electron chi connectivity index (χ4n) is 0.984. The van der Waals surface area contributed by atoms with Crippen molar-refractivity contribution in [1.82, 2.24) is 10.6 Å². The van der Waals surface area contributed by atoms with Gasteiger partial charge in [-0.05, 0) is 0 Å². The Hall–Kier alpha value is -1.58. The fourth-order valence-corrected chi connectivity index (χ4v) is 0.984. The van der Waals surface area contributed by atoms with Crippen molar-refractivity contribution in [3.8, 4) is 0 Å². The number of imide groups is 1. The molecule has 1 heterocycles. The van der Waals surface area contributed by atoms with Crippen molar-refractivity contribution in [2.45, 2.75) is 0 Å². The Bertz CT molecular complexity index is 250. The van der Waals surface area contributed by atoms with E-state index in [4.69, 9.17) is 0 Å². The summed E-state index contributed by atoms with van der Waals surface area (Å²) in [6, 6.07) is -0.473. The van der Waals surface area contributed by atoms with Crippen molar-refractivity contribution in [3.05, 3.63) is 25.3 Å². The minimum Gasteiger partial charge on any atom is -0.336 e. The van der Waals surface area contributed by atoms with E-state index in [1.54, 1.807) is 0 Å². The van der Waals surface area contributed by atoms with Crippen LogP contribution >= 0.6 is 0 Å². The average Bonchev–Trinajstić information content (AvgIpc) is 2.06. The zero-order chi connectivity index (χ0) is 9.19. The summed E-state index contributed by atoms with van der Waals surface area (Å²) in [6.45, 7) is 7.27. The largest absolute Gasteiger partial charge is 0.336 e. The van der Waals surface area contributed by atoms with Crippen molar-refractivity contribution in [2.24, 2.45) is 5.41 Å². The van der Waals surface area contributed by atoms with Crippen LogP contribution in [-0.4, -0.2) is 18.5 Å². The second kappa shape index (κ2) is 2.81. The van der Waals surface area contributed by atoms with E-state index in [9.17, 15) is 9.59 Å². The van der Waals surface area contributed by atoms with Crippen LogP contribution in [0.15, 0.2) is 25.3 Å². The maximum atomic E-state index is 11.3. The van der Waals surface area contributed by atoms with Crippen molar-refractivity contribution in [1.29, 1.82) is 0 Å². The van der Waals surface area contributed by atoms with Crippen molar-refractivity contribution >= 4 is 11.9 Å². The van der Waals surface area contributed by atoms with Crippen LogP contribution < -0.4 is 10.6 Å². The monoisotopic (exact) mass is 166 g/mol. The third-order valence-electron chi connectivity index (χ3n) is 1.92. The average molecular weight is 166 g/mol. The maximum Gasteiger partial charge on any atom is 0.321 e. The third kappa shape index (κ3) is 1.11. The molecule has 0 unspecified atom stereocenters. The van der Waals surface area contributed by atoms with Gasteiger partial charge >= 0.3 is 6.03 Å². The molecule has 0 bridgehead atoms. The molecule has 0 radical (unpaired) electrons. The summed E-state index contributed by atoms with van der Waals surface area (Å²) in [5, 5.41) is 4.63. The standard InChI is InChI=1S/C8H10N2O2/c1-3-8(4-2)5-9-7(12)10-6(8)11/h3-4H,1-2,5H2,(H2,9,10,11,12). The quantitative estimate of drug-likeness (QED) is 0.575. The van der Waals surface area contributed by atoms with Gasteiger partial charge in [-0.2, -0.15) is 0 Å². The molecule has 1 rings (SSSR count). The highest BCUT2D eigenvalue weighted by Gasteiger charge is 2.37. The Morgan fingerprint density at radius 3 is 2.33 bits per heavy atom. The summed E-state index contributed by atoms with van der Waals surface area (Å²) in [5.74, 6) is -0.378. The Balaban J connectivity index is 2.91. The number of amides is 3. The molecule has 0 aromatic carbocycles. The Labute approximate surface area is 70.3 Å². The van der Waals surface area contributed by atoms with Gasteiger partial charge in [-0.15, -0.1) is 13.2 Å². The van der Waals surface area contributed by atoms with Crippen LogP contribution in [0.3, 0.4) is 0 Å². The summed E-state index contributed by atoms with van der Waals surface area (Å²) in [4.78, 5) is 22.0. The fraction of sp³-hybridized carbons (Fsp3) is 0.250. The minimum absolute atomic E-state index is 0.227. The molecular formula is C8H10N2O2. The molecule has 3 amide bonds. The first kappa shape index (κ1) is 8.52. The predicted molar refractivity (Wildman–Crippen MR) is 44.4 cm³/mol. The molecule has 1 fully saturated rings. The molecular weight excluding hydrogens is 156 g/mol. The highest BCUT2D eigenvalue weighted by molar-refractivity contribution is 6.02. The van der Waals surface area contributed by atoms with E-state index in [1.807, 2.05) is 0 Å². The zero-order valence-electron chi connectivity index (χ0n) is 6.59. The lowest BCUT2D eigenvalue weighted by molar-refractivity contribution is -0.126. The topological polar surface area (TPSA) is 58.2 Å². The lowest BCUT2D eigenvalue weighted by Gasteiger charge is -2.29. The van der Waals surface area contributed by atoms with E-state index >= 15 is 0 Å². The van der Waals surface area contributed by atoms with Gasteiger partial charge in [0.2, 0.25) is 5.91 Å². The number of carbonyl (C=O) groups is 2. The van der Waals surface area contributed by atoms with Crippen molar-refractivity contribution in [2.75, 3.05) is 6.54 Å². The summed E-state index contributed by atoms with van der Waals surface area (Å²) in [5.41, 5.74) is -0.853. The molecule has 4 heteroatoms. The van der Waals surface area contributed by atoms with Gasteiger partial charge in [0.15, 0.2) is 0 Å². The second-order valence-electron chi connectivity index (χ2n) is 2.59. The molecule has 0 aromatic rings. The highest BCUT2D eigenvalue weighted by atomic mass is 16.2. The van der Waals surface area contributed by atoms with Crippen LogP contribution in [0.2, 0.25) is 0 Å². The molecule has 0 spiro atoms. The highest BCUT2D eigenvalue weighted by Crippen LogP contribution is 2.21. The smallest absolute Gasteiger partial charge is 0.321 e. The van der Waals surface area contributed by atoms with Gasteiger partial charge in [0, 0.05) is 6.54 Å². The van der Waals surface area contributed by atoms with E-state index in [-0.39, 0.29) is 12.5 Å². The summed E-state index contributed by atoms with van der Waals surface area (Å²) < 4.78 is 0. The van der Waals surface area contributed by atoms with E-state index in [2.05, 4.69) is 23.8 Å². The number of nitrogens with one attached hydrogen (secondary N) is 2. The van der Waals surface area contributed by atoms with E-state index < -0.39 is 11.4 Å². The Morgan fingerprint density at radius 1 is 1.33 bits per heavy atom. The molecule has 0 aromatic heterocycles. The maximum absolute atomic E-state index is 11.3. The number of hydrogen-bond donors (Lipinski definition) is 2. The Morgan fingerprint density at radius 2 is 1.92 bits per heavy atom. The normalized spacial score (nSPS) is 20.7. The molecule has 0 atom stereocenters. The lowest BCUT2D eigenvalue weighted by atomic mass is 9.86. The number of urea groups is 1. The predicted octanol–water partition coefficient (Wildman–Crippen LogP) is 0.184. The summed E-state index contributed by atoms with van der Waals surface area (Å²) in [7, 11) is 0. The third-order valence-corrected chi connectivity index (χ3v) is 1.92. The molecule has 1 saturated heterocycles. The first-order valence-corrected chi connectivity index (χ1v) is 3.51. The van der Waals surface area contributed by atoms with Gasteiger partial charge in [0.1, 0.15) is 5.41 Å². The molecule has 12 heavy (non-hydrogen) atoms. The lowest BCUT2D eigenvalue weighted by Crippen LogP contribution is -2.57. The summed E-state index contributed by atoms with van der Waals surface area (Å²) in [6.07, 6.45) is 2.93.